The van der Waals surface area contributed by atoms with Crippen LogP contribution in [0.15, 0.2) is 94.4 Å². The third kappa shape index (κ3) is 13.4. The monoisotopic (exact) mass is 1010 g/mol. The van der Waals surface area contributed by atoms with Crippen molar-refractivity contribution >= 4 is 65.2 Å². The number of carbonyl (C=O) groups excluding carboxylic acids is 3. The second-order valence-electron chi connectivity index (χ2n) is 16.4. The highest BCUT2D eigenvalue weighted by atomic mass is 32.2. The highest BCUT2D eigenvalue weighted by Gasteiger charge is 2.48. The number of imide groups is 1. The van der Waals surface area contributed by atoms with Crippen LogP contribution in [0.25, 0.3) is 0 Å². The zero-order valence-corrected chi connectivity index (χ0v) is 40.6. The van der Waals surface area contributed by atoms with Gasteiger partial charge in [-0.15, -0.1) is 5.06 Å². The van der Waals surface area contributed by atoms with Gasteiger partial charge in [-0.05, 0) is 75.1 Å². The number of nitrogens with zero attached hydrogens (tertiary/aromatic N) is 3. The molecular formula is C45H55N3O17S3-2. The summed E-state index contributed by atoms with van der Waals surface area (Å²) in [5.74, 6) is -2.69. The Hall–Kier alpha value is -4.95. The molecule has 2 unspecified atom stereocenters. The van der Waals surface area contributed by atoms with Gasteiger partial charge in [-0.25, -0.2) is 30.0 Å². The third-order valence-corrected chi connectivity index (χ3v) is 14.3. The Balaban J connectivity index is 1.42. The zero-order chi connectivity index (χ0) is 49.9. The largest absolute Gasteiger partial charge is 0.748 e. The van der Waals surface area contributed by atoms with Crippen LogP contribution in [-0.2, 0) is 79.4 Å². The number of methoxy groups -OCH3 is 2. The maximum Gasteiger partial charge on any atom is 0.335 e. The van der Waals surface area contributed by atoms with Crippen molar-refractivity contribution < 1.29 is 81.7 Å². The van der Waals surface area contributed by atoms with Gasteiger partial charge in [0.2, 0.25) is 5.69 Å². The zero-order valence-electron chi connectivity index (χ0n) is 38.1. The normalized spacial score (nSPS) is 20.6. The first-order chi connectivity index (χ1) is 32.0. The summed E-state index contributed by atoms with van der Waals surface area (Å²) in [4.78, 5) is 41.9. The van der Waals surface area contributed by atoms with Gasteiger partial charge in [0.15, 0.2) is 12.3 Å². The van der Waals surface area contributed by atoms with E-state index in [1.165, 1.54) is 44.6 Å². The van der Waals surface area contributed by atoms with Gasteiger partial charge in [0.1, 0.15) is 26.8 Å². The van der Waals surface area contributed by atoms with E-state index in [1.54, 1.807) is 49.4 Å². The minimum absolute atomic E-state index is 0.0419. The lowest BCUT2D eigenvalue weighted by molar-refractivity contribution is -0.442. The molecule has 2 aromatic rings. The molecule has 1 saturated heterocycles. The van der Waals surface area contributed by atoms with Gasteiger partial charge in [0, 0.05) is 80.5 Å². The lowest BCUT2D eigenvalue weighted by atomic mass is 9.76. The maximum atomic E-state index is 12.3. The fourth-order valence-corrected chi connectivity index (χ4v) is 9.89. The van der Waals surface area contributed by atoms with Gasteiger partial charge in [0.25, 0.3) is 11.8 Å². The van der Waals surface area contributed by atoms with E-state index in [2.05, 4.69) is 0 Å². The standard InChI is InChI=1S/C45H57N3O17S3/c1-44(20-10-30-66(52,53)54)35-31-33(67(55,56)57)13-15-37(35)46(23-27-64-29-28-62-4)39(44)11-8-6-5-7-9-12-40-45(2,21-25-61-3)36-32-34(68(58,59)60)14-16-38(36)47(40)22-26-63-24-19-43(51)65-48-41(49)17-18-42(48)50/h5-9,11-16,31-32H,10,17-30H2,1-4H3,(H2-,52,53,54,55,56,57,58,59,60)/p-2. The first-order valence-corrected chi connectivity index (χ1v) is 25.9. The van der Waals surface area contributed by atoms with Crippen molar-refractivity contribution in [3.63, 3.8) is 0 Å². The molecule has 2 amide bonds. The van der Waals surface area contributed by atoms with Gasteiger partial charge < -0.3 is 42.3 Å². The number of fused-ring (bicyclic) bond motifs is 2. The molecule has 0 bridgehead atoms. The van der Waals surface area contributed by atoms with E-state index in [0.29, 0.717) is 58.6 Å². The summed E-state index contributed by atoms with van der Waals surface area (Å²) >= 11 is 0. The van der Waals surface area contributed by atoms with E-state index >= 15 is 0 Å². The molecule has 0 saturated carbocycles. The fourth-order valence-electron chi connectivity index (χ4n) is 8.40. The van der Waals surface area contributed by atoms with Crippen molar-refractivity contribution in [1.29, 1.82) is 0 Å². The minimum Gasteiger partial charge on any atom is -0.748 e. The molecule has 3 aliphatic heterocycles. The molecule has 2 atom stereocenters. The topological polar surface area (TPSA) is 278 Å². The molecule has 0 radical (unpaired) electrons. The van der Waals surface area contributed by atoms with Crippen LogP contribution < -0.4 is 4.90 Å². The average Bonchev–Trinajstić information content (AvgIpc) is 3.79. The number of hydroxylamine groups is 2. The number of carbonyl (C=O) groups is 3. The van der Waals surface area contributed by atoms with Crippen LogP contribution in [0.3, 0.4) is 0 Å². The Morgan fingerprint density at radius 3 is 2.00 bits per heavy atom. The predicted molar refractivity (Wildman–Crippen MR) is 242 cm³/mol. The molecule has 3 aliphatic rings. The third-order valence-electron chi connectivity index (χ3n) is 11.8. The molecule has 23 heteroatoms. The summed E-state index contributed by atoms with van der Waals surface area (Å²) in [6.07, 6.45) is 12.4. The number of anilines is 1. The number of hydrogen-bond acceptors (Lipinski definition) is 18. The Morgan fingerprint density at radius 1 is 0.735 bits per heavy atom. The Kier molecular flexibility index (Phi) is 18.3. The van der Waals surface area contributed by atoms with Gasteiger partial charge in [-0.2, -0.15) is 4.58 Å². The van der Waals surface area contributed by atoms with Crippen LogP contribution in [0, 0.1) is 0 Å². The molecule has 2 aromatic carbocycles. The first kappa shape index (κ1) is 54.0. The summed E-state index contributed by atoms with van der Waals surface area (Å²) in [7, 11) is -11.2. The lowest BCUT2D eigenvalue weighted by Crippen LogP contribution is -2.33. The van der Waals surface area contributed by atoms with Crippen LogP contribution in [0.4, 0.5) is 11.4 Å². The quantitative estimate of drug-likeness (QED) is 0.0430. The van der Waals surface area contributed by atoms with E-state index < -0.39 is 74.5 Å². The molecule has 3 heterocycles. The maximum absolute atomic E-state index is 12.3. The molecule has 5 rings (SSSR count). The van der Waals surface area contributed by atoms with Gasteiger partial charge in [-0.3, -0.25) is 9.59 Å². The summed E-state index contributed by atoms with van der Waals surface area (Å²) in [6.45, 7) is 5.30. The van der Waals surface area contributed by atoms with E-state index in [-0.39, 0.29) is 71.6 Å². The summed E-state index contributed by atoms with van der Waals surface area (Å²) < 4.78 is 132. The van der Waals surface area contributed by atoms with Gasteiger partial charge in [-0.1, -0.05) is 30.4 Å². The van der Waals surface area contributed by atoms with Crippen molar-refractivity contribution in [2.24, 2.45) is 0 Å². The fraction of sp³-hybridized carbons (Fsp3) is 0.467. The number of hydrogen-bond donors (Lipinski definition) is 0. The van der Waals surface area contributed by atoms with Crippen LogP contribution in [-0.4, -0.2) is 145 Å². The predicted octanol–water partition coefficient (Wildman–Crippen LogP) is 3.22. The number of allylic oxidation sites excluding steroid dienone is 8. The van der Waals surface area contributed by atoms with Crippen molar-refractivity contribution in [2.75, 3.05) is 77.6 Å². The molecule has 0 spiro atoms. The smallest absolute Gasteiger partial charge is 0.335 e. The van der Waals surface area contributed by atoms with Crippen molar-refractivity contribution in [2.45, 2.75) is 73.0 Å². The van der Waals surface area contributed by atoms with E-state index in [1.807, 2.05) is 22.5 Å². The second kappa shape index (κ2) is 23.1. The second-order valence-corrected chi connectivity index (χ2v) is 20.7. The van der Waals surface area contributed by atoms with E-state index in [4.69, 9.17) is 23.8 Å². The van der Waals surface area contributed by atoms with Crippen LogP contribution in [0.1, 0.15) is 63.5 Å². The molecule has 0 aromatic heterocycles. The molecule has 0 aliphatic carbocycles. The molecular weight excluding hydrogens is 951 g/mol. The summed E-state index contributed by atoms with van der Waals surface area (Å²) in [5, 5.41) is 0.459. The van der Waals surface area contributed by atoms with Crippen molar-refractivity contribution in [3.05, 3.63) is 95.8 Å². The SMILES string of the molecule is COCCOCC[N+]1=C(/C=C/C=C/C=C/C=C2/N(CCOCCC(=O)ON3C(=O)CCC3=O)c3ccc(S(=O)(=O)[O-])cc3C2(C)CCOC)C(C)(CCCS(=O)(=O)[O-])c2cc(S(=O)(=O)[O-])ccc21. The summed E-state index contributed by atoms with van der Waals surface area (Å²) in [6, 6.07) is 8.14. The van der Waals surface area contributed by atoms with Gasteiger partial charge >= 0.3 is 5.97 Å². The van der Waals surface area contributed by atoms with E-state index in [0.717, 1.165) is 0 Å². The molecule has 68 heavy (non-hydrogen) atoms. The Labute approximate surface area is 396 Å². The number of ether oxygens (including phenoxy) is 4. The molecule has 1 fully saturated rings. The number of benzene rings is 2. The Bertz CT molecular complexity index is 2700. The van der Waals surface area contributed by atoms with Crippen molar-refractivity contribution in [1.82, 2.24) is 5.06 Å². The van der Waals surface area contributed by atoms with Crippen LogP contribution >= 0.6 is 0 Å². The highest BCUT2D eigenvalue weighted by molar-refractivity contribution is 7.86. The molecule has 0 N–H and O–H groups in total. The molecule has 372 valence electrons. The Morgan fingerprint density at radius 2 is 1.35 bits per heavy atom. The average molecular weight is 1010 g/mol. The lowest BCUT2D eigenvalue weighted by Gasteiger charge is -2.30. The number of rotatable bonds is 26. The molecule has 20 nitrogen and oxygen atoms in total. The number of amides is 2. The van der Waals surface area contributed by atoms with E-state index in [9.17, 15) is 53.3 Å². The first-order valence-electron chi connectivity index (χ1n) is 21.5. The van der Waals surface area contributed by atoms with Crippen LogP contribution in [0.2, 0.25) is 0 Å². The van der Waals surface area contributed by atoms with Gasteiger partial charge in [0.05, 0.1) is 58.2 Å². The van der Waals surface area contributed by atoms with Crippen molar-refractivity contribution in [3.8, 4) is 0 Å². The summed E-state index contributed by atoms with van der Waals surface area (Å²) in [5.41, 5.74) is 1.64. The minimum atomic E-state index is -4.86. The van der Waals surface area contributed by atoms with Crippen LogP contribution in [0.5, 0.6) is 0 Å². The highest BCUT2D eigenvalue weighted by Crippen LogP contribution is 2.51.